The summed E-state index contributed by atoms with van der Waals surface area (Å²) in [5, 5.41) is 13.8. The molecule has 5 nitrogen and oxygen atoms in total. The third-order valence-corrected chi connectivity index (χ3v) is 5.11. The maximum Gasteiger partial charge on any atom is 0.253 e. The Bertz CT molecular complexity index is 1230. The number of nitrogens with zero attached hydrogens (tertiary/aromatic N) is 3. The molecule has 0 bridgehead atoms. The van der Waals surface area contributed by atoms with Crippen LogP contribution in [0.1, 0.15) is 0 Å². The van der Waals surface area contributed by atoms with Crippen LogP contribution >= 0.6 is 34.8 Å². The van der Waals surface area contributed by atoms with Gasteiger partial charge in [-0.2, -0.15) is 4.73 Å². The van der Waals surface area contributed by atoms with Gasteiger partial charge in [-0.1, -0.05) is 40.9 Å². The van der Waals surface area contributed by atoms with Gasteiger partial charge in [-0.25, -0.2) is 14.4 Å². The number of benzene rings is 2. The number of nitrogen functional groups attached to an aromatic ring is 1. The topological polar surface area (TPSA) is 78.7 Å². The van der Waals surface area contributed by atoms with Crippen LogP contribution in [0.25, 0.3) is 33.4 Å². The molecule has 0 atom stereocenters. The molecule has 0 aliphatic carbocycles. The molecule has 0 spiro atoms. The SMILES string of the molecule is Nc1nc(-c2ccc(F)cc2Cl)c2cc[n+]([O-])c(-c3c(Cl)cccc3Cl)c2n1. The summed E-state index contributed by atoms with van der Waals surface area (Å²) in [5.74, 6) is -0.570. The van der Waals surface area contributed by atoms with Gasteiger partial charge in [0.05, 0.1) is 26.3 Å². The number of hydrogen-bond acceptors (Lipinski definition) is 4. The minimum absolute atomic E-state index is 0.0847. The Morgan fingerprint density at radius 2 is 1.68 bits per heavy atom. The molecule has 2 aromatic carbocycles. The Balaban J connectivity index is 2.13. The van der Waals surface area contributed by atoms with Crippen LogP contribution in [0.4, 0.5) is 10.3 Å². The number of aromatic nitrogens is 3. The summed E-state index contributed by atoms with van der Waals surface area (Å²) >= 11 is 18.8. The Morgan fingerprint density at radius 1 is 0.964 bits per heavy atom. The first kappa shape index (κ1) is 18.7. The van der Waals surface area contributed by atoms with Crippen LogP contribution in [-0.4, -0.2) is 9.97 Å². The van der Waals surface area contributed by atoms with Crippen LogP contribution in [0.2, 0.25) is 15.1 Å². The molecule has 0 amide bonds. The van der Waals surface area contributed by atoms with E-state index in [1.807, 2.05) is 0 Å². The predicted molar refractivity (Wildman–Crippen MR) is 109 cm³/mol. The van der Waals surface area contributed by atoms with E-state index in [-0.39, 0.29) is 32.2 Å². The molecule has 4 aromatic rings. The van der Waals surface area contributed by atoms with E-state index in [0.717, 1.165) is 0 Å². The number of anilines is 1. The summed E-state index contributed by atoms with van der Waals surface area (Å²) in [6.07, 6.45) is 1.29. The molecule has 0 aliphatic heterocycles. The second-order valence-corrected chi connectivity index (χ2v) is 7.13. The van der Waals surface area contributed by atoms with E-state index >= 15 is 0 Å². The Kier molecular flexibility index (Phi) is 4.71. The van der Waals surface area contributed by atoms with Gasteiger partial charge in [0.1, 0.15) is 5.82 Å². The summed E-state index contributed by atoms with van der Waals surface area (Å²) in [7, 11) is 0. The van der Waals surface area contributed by atoms with E-state index in [9.17, 15) is 9.60 Å². The van der Waals surface area contributed by atoms with E-state index < -0.39 is 5.82 Å². The lowest BCUT2D eigenvalue weighted by Crippen LogP contribution is -2.29. The fraction of sp³-hybridized carbons (Fsp3) is 0. The van der Waals surface area contributed by atoms with Crippen molar-refractivity contribution in [2.75, 3.05) is 5.73 Å². The molecule has 9 heteroatoms. The molecule has 0 unspecified atom stereocenters. The Morgan fingerprint density at radius 3 is 2.36 bits per heavy atom. The molecular weight excluding hydrogens is 426 g/mol. The van der Waals surface area contributed by atoms with Crippen LogP contribution in [-0.2, 0) is 0 Å². The van der Waals surface area contributed by atoms with Gasteiger partial charge in [-0.15, -0.1) is 0 Å². The Hall–Kier alpha value is -2.67. The molecule has 0 saturated carbocycles. The molecule has 0 aliphatic rings. The van der Waals surface area contributed by atoms with Crippen molar-refractivity contribution in [1.29, 1.82) is 0 Å². The molecule has 2 N–H and O–H groups in total. The van der Waals surface area contributed by atoms with Gasteiger partial charge in [0, 0.05) is 17.0 Å². The zero-order valence-electron chi connectivity index (χ0n) is 14.0. The van der Waals surface area contributed by atoms with Crippen LogP contribution in [0.5, 0.6) is 0 Å². The fourth-order valence-corrected chi connectivity index (χ4v) is 3.82. The summed E-state index contributed by atoms with van der Waals surface area (Å²) in [6, 6.07) is 10.3. The van der Waals surface area contributed by atoms with Crippen molar-refractivity contribution in [3.8, 4) is 22.5 Å². The van der Waals surface area contributed by atoms with Crippen molar-refractivity contribution in [1.82, 2.24) is 9.97 Å². The molecule has 140 valence electrons. The largest absolute Gasteiger partial charge is 0.618 e. The van der Waals surface area contributed by atoms with Crippen LogP contribution < -0.4 is 10.5 Å². The molecule has 28 heavy (non-hydrogen) atoms. The third-order valence-electron chi connectivity index (χ3n) is 4.17. The minimum Gasteiger partial charge on any atom is -0.618 e. The smallest absolute Gasteiger partial charge is 0.253 e. The number of pyridine rings is 1. The maximum absolute atomic E-state index is 13.5. The van der Waals surface area contributed by atoms with Gasteiger partial charge in [0.25, 0.3) is 5.69 Å². The first-order valence-corrected chi connectivity index (χ1v) is 9.09. The van der Waals surface area contributed by atoms with E-state index in [2.05, 4.69) is 9.97 Å². The van der Waals surface area contributed by atoms with Gasteiger partial charge in [0.15, 0.2) is 11.7 Å². The lowest BCUT2D eigenvalue weighted by molar-refractivity contribution is -0.592. The van der Waals surface area contributed by atoms with Crippen LogP contribution in [0.15, 0.2) is 48.7 Å². The zero-order chi connectivity index (χ0) is 20.0. The lowest BCUT2D eigenvalue weighted by Gasteiger charge is -2.13. The number of rotatable bonds is 2. The molecule has 2 heterocycles. The fourth-order valence-electron chi connectivity index (χ4n) is 2.99. The molecular formula is C19H10Cl3FN4O. The minimum atomic E-state index is -0.485. The number of nitrogens with two attached hydrogens (primary N) is 1. The first-order chi connectivity index (χ1) is 13.4. The zero-order valence-corrected chi connectivity index (χ0v) is 16.2. The van der Waals surface area contributed by atoms with Crippen molar-refractivity contribution in [2.24, 2.45) is 0 Å². The van der Waals surface area contributed by atoms with Crippen molar-refractivity contribution in [2.45, 2.75) is 0 Å². The molecule has 0 fully saturated rings. The van der Waals surface area contributed by atoms with Gasteiger partial charge in [-0.3, -0.25) is 0 Å². The normalized spacial score (nSPS) is 11.1. The van der Waals surface area contributed by atoms with Crippen molar-refractivity contribution in [3.05, 3.63) is 74.8 Å². The Labute approximate surface area is 173 Å². The molecule has 4 rings (SSSR count). The van der Waals surface area contributed by atoms with Gasteiger partial charge in [0.2, 0.25) is 5.95 Å². The average Bonchev–Trinajstić information content (AvgIpc) is 2.62. The average molecular weight is 436 g/mol. The molecule has 0 saturated heterocycles. The number of hydrogen-bond donors (Lipinski definition) is 1. The van der Waals surface area contributed by atoms with Gasteiger partial charge < -0.3 is 10.9 Å². The van der Waals surface area contributed by atoms with Crippen LogP contribution in [0, 0.1) is 11.0 Å². The highest BCUT2D eigenvalue weighted by Crippen LogP contribution is 2.39. The van der Waals surface area contributed by atoms with Gasteiger partial charge in [-0.05, 0) is 30.3 Å². The number of halogens is 4. The highest BCUT2D eigenvalue weighted by Gasteiger charge is 2.24. The summed E-state index contributed by atoms with van der Waals surface area (Å²) in [4.78, 5) is 8.49. The van der Waals surface area contributed by atoms with Crippen molar-refractivity contribution >= 4 is 51.7 Å². The maximum atomic E-state index is 13.5. The third kappa shape index (κ3) is 3.09. The second kappa shape index (κ2) is 7.05. The number of fused-ring (bicyclic) bond motifs is 1. The van der Waals surface area contributed by atoms with E-state index in [0.29, 0.717) is 26.9 Å². The lowest BCUT2D eigenvalue weighted by atomic mass is 10.0. The quantitative estimate of drug-likeness (QED) is 0.343. The van der Waals surface area contributed by atoms with Crippen molar-refractivity contribution < 1.29 is 9.12 Å². The van der Waals surface area contributed by atoms with Crippen molar-refractivity contribution in [3.63, 3.8) is 0 Å². The van der Waals surface area contributed by atoms with E-state index in [4.69, 9.17) is 40.5 Å². The highest BCUT2D eigenvalue weighted by molar-refractivity contribution is 6.39. The van der Waals surface area contributed by atoms with E-state index in [1.165, 1.54) is 30.5 Å². The highest BCUT2D eigenvalue weighted by atomic mass is 35.5. The second-order valence-electron chi connectivity index (χ2n) is 5.90. The standard InChI is InChI=1S/C19H10Cl3FN4O/c20-12-2-1-3-13(21)15(12)18-17-11(6-7-27(18)28)16(25-19(24)26-17)10-5-4-9(23)8-14(10)22/h1-8H,(H2,24,25,26). The van der Waals surface area contributed by atoms with Gasteiger partial charge >= 0.3 is 0 Å². The first-order valence-electron chi connectivity index (χ1n) is 7.96. The summed E-state index contributed by atoms with van der Waals surface area (Å²) in [5.41, 5.74) is 7.40. The summed E-state index contributed by atoms with van der Waals surface area (Å²) < 4.78 is 14.1. The predicted octanol–water partition coefficient (Wildman–Crippen LogP) is 5.28. The summed E-state index contributed by atoms with van der Waals surface area (Å²) in [6.45, 7) is 0. The molecule has 2 aromatic heterocycles. The molecule has 0 radical (unpaired) electrons. The van der Waals surface area contributed by atoms with Crippen LogP contribution in [0.3, 0.4) is 0 Å². The monoisotopic (exact) mass is 434 g/mol. The van der Waals surface area contributed by atoms with E-state index in [1.54, 1.807) is 18.2 Å².